The molecule has 0 aromatic rings. The Kier molecular flexibility index (Phi) is 2.29. The molecule has 0 saturated heterocycles. The van der Waals surface area contributed by atoms with Crippen molar-refractivity contribution in [2.75, 3.05) is 0 Å². The highest BCUT2D eigenvalue weighted by Crippen LogP contribution is 2.34. The number of Topliss-reactive ketones (excluding diaryl/α,β-unsaturated/α-hetero) is 1. The van der Waals surface area contributed by atoms with E-state index in [2.05, 4.69) is 0 Å². The molecular formula is C11H16O. The van der Waals surface area contributed by atoms with Crippen LogP contribution in [0.15, 0.2) is 11.1 Å². The zero-order valence-corrected chi connectivity index (χ0v) is 7.57. The van der Waals surface area contributed by atoms with Crippen LogP contribution in [0.1, 0.15) is 51.4 Å². The topological polar surface area (TPSA) is 17.1 Å². The molecule has 0 bridgehead atoms. The van der Waals surface area contributed by atoms with Crippen LogP contribution in [0.25, 0.3) is 0 Å². The predicted molar refractivity (Wildman–Crippen MR) is 49.0 cm³/mol. The van der Waals surface area contributed by atoms with Gasteiger partial charge in [-0.05, 0) is 38.5 Å². The molecule has 0 aromatic heterocycles. The average Bonchev–Trinajstić information content (AvgIpc) is 2.45. The van der Waals surface area contributed by atoms with Crippen molar-refractivity contribution in [3.8, 4) is 0 Å². The zero-order valence-electron chi connectivity index (χ0n) is 7.57. The minimum Gasteiger partial charge on any atom is -0.300 e. The molecule has 0 heterocycles. The lowest BCUT2D eigenvalue weighted by Crippen LogP contribution is -2.02. The van der Waals surface area contributed by atoms with Gasteiger partial charge >= 0.3 is 0 Å². The standard InChI is InChI=1S/C11H16O/c12-11-6-2-5-9-3-1-4-10(9)7-8-11/h1-8H2. The highest BCUT2D eigenvalue weighted by Gasteiger charge is 2.17. The Morgan fingerprint density at radius 3 is 2.00 bits per heavy atom. The Morgan fingerprint density at radius 2 is 1.25 bits per heavy atom. The van der Waals surface area contributed by atoms with Crippen LogP contribution in [-0.2, 0) is 4.79 Å². The summed E-state index contributed by atoms with van der Waals surface area (Å²) in [6.45, 7) is 0. The van der Waals surface area contributed by atoms with Crippen molar-refractivity contribution in [2.45, 2.75) is 51.4 Å². The van der Waals surface area contributed by atoms with Gasteiger partial charge in [-0.15, -0.1) is 0 Å². The number of hydrogen-bond donors (Lipinski definition) is 0. The van der Waals surface area contributed by atoms with Gasteiger partial charge in [-0.3, -0.25) is 4.79 Å². The summed E-state index contributed by atoms with van der Waals surface area (Å²) in [6.07, 6.45) is 8.99. The molecule has 2 aliphatic rings. The lowest BCUT2D eigenvalue weighted by molar-refractivity contribution is -0.119. The molecule has 2 rings (SSSR count). The second-order valence-electron chi connectivity index (χ2n) is 3.95. The molecule has 0 aliphatic heterocycles. The Balaban J connectivity index is 2.08. The maximum Gasteiger partial charge on any atom is 0.133 e. The first-order valence-electron chi connectivity index (χ1n) is 5.08. The molecule has 0 amide bonds. The summed E-state index contributed by atoms with van der Waals surface area (Å²) in [7, 11) is 0. The quantitative estimate of drug-likeness (QED) is 0.503. The van der Waals surface area contributed by atoms with E-state index < -0.39 is 0 Å². The SMILES string of the molecule is O=C1CCCC2=C(CCC2)CC1. The maximum atomic E-state index is 11.2. The van der Waals surface area contributed by atoms with Crippen molar-refractivity contribution in [3.05, 3.63) is 11.1 Å². The van der Waals surface area contributed by atoms with Crippen LogP contribution < -0.4 is 0 Å². The number of rotatable bonds is 0. The van der Waals surface area contributed by atoms with Gasteiger partial charge < -0.3 is 0 Å². The van der Waals surface area contributed by atoms with Crippen LogP contribution in [0, 0.1) is 0 Å². The summed E-state index contributed by atoms with van der Waals surface area (Å²) in [6, 6.07) is 0. The Bertz CT molecular complexity index is 225. The van der Waals surface area contributed by atoms with E-state index in [1.165, 1.54) is 25.7 Å². The van der Waals surface area contributed by atoms with Gasteiger partial charge in [0.05, 0.1) is 0 Å². The lowest BCUT2D eigenvalue weighted by atomic mass is 9.95. The number of hydrogen-bond acceptors (Lipinski definition) is 1. The second-order valence-corrected chi connectivity index (χ2v) is 3.95. The third-order valence-electron chi connectivity index (χ3n) is 3.10. The summed E-state index contributed by atoms with van der Waals surface area (Å²) in [4.78, 5) is 11.2. The highest BCUT2D eigenvalue weighted by atomic mass is 16.1. The first kappa shape index (κ1) is 8.03. The third-order valence-corrected chi connectivity index (χ3v) is 3.10. The molecule has 2 aliphatic carbocycles. The summed E-state index contributed by atoms with van der Waals surface area (Å²) in [5.74, 6) is 0.480. The van der Waals surface area contributed by atoms with E-state index in [9.17, 15) is 4.79 Å². The summed E-state index contributed by atoms with van der Waals surface area (Å²) >= 11 is 0. The van der Waals surface area contributed by atoms with Crippen molar-refractivity contribution < 1.29 is 4.79 Å². The van der Waals surface area contributed by atoms with E-state index in [0.717, 1.165) is 25.7 Å². The van der Waals surface area contributed by atoms with Crippen LogP contribution in [0.5, 0.6) is 0 Å². The minimum atomic E-state index is 0.480. The molecule has 1 heteroatoms. The van der Waals surface area contributed by atoms with Crippen LogP contribution in [-0.4, -0.2) is 5.78 Å². The van der Waals surface area contributed by atoms with E-state index >= 15 is 0 Å². The molecule has 0 saturated carbocycles. The monoisotopic (exact) mass is 164 g/mol. The average molecular weight is 164 g/mol. The van der Waals surface area contributed by atoms with Gasteiger partial charge in [-0.1, -0.05) is 11.1 Å². The molecule has 66 valence electrons. The van der Waals surface area contributed by atoms with Crippen molar-refractivity contribution >= 4 is 5.78 Å². The third kappa shape index (κ3) is 1.60. The summed E-state index contributed by atoms with van der Waals surface area (Å²) in [5, 5.41) is 0. The van der Waals surface area contributed by atoms with Gasteiger partial charge in [0.1, 0.15) is 5.78 Å². The highest BCUT2D eigenvalue weighted by molar-refractivity contribution is 5.78. The number of ketones is 1. The van der Waals surface area contributed by atoms with Gasteiger partial charge in [0, 0.05) is 12.8 Å². The first-order chi connectivity index (χ1) is 5.86. The van der Waals surface area contributed by atoms with E-state index in [1.54, 1.807) is 11.1 Å². The van der Waals surface area contributed by atoms with E-state index in [4.69, 9.17) is 0 Å². The van der Waals surface area contributed by atoms with Crippen LogP contribution in [0.2, 0.25) is 0 Å². The van der Waals surface area contributed by atoms with Crippen molar-refractivity contribution in [2.24, 2.45) is 0 Å². The fourth-order valence-corrected chi connectivity index (χ4v) is 2.39. The fraction of sp³-hybridized carbons (Fsp3) is 0.727. The van der Waals surface area contributed by atoms with Gasteiger partial charge in [0.25, 0.3) is 0 Å². The molecular weight excluding hydrogens is 148 g/mol. The van der Waals surface area contributed by atoms with E-state index in [-0.39, 0.29) is 0 Å². The first-order valence-corrected chi connectivity index (χ1v) is 5.08. The Labute approximate surface area is 73.8 Å². The van der Waals surface area contributed by atoms with Gasteiger partial charge in [0.2, 0.25) is 0 Å². The molecule has 0 N–H and O–H groups in total. The number of carbonyl (C=O) groups excluding carboxylic acids is 1. The maximum absolute atomic E-state index is 11.2. The van der Waals surface area contributed by atoms with Crippen LogP contribution in [0.4, 0.5) is 0 Å². The van der Waals surface area contributed by atoms with Crippen molar-refractivity contribution in [3.63, 3.8) is 0 Å². The zero-order chi connectivity index (χ0) is 8.39. The molecule has 0 spiro atoms. The number of carbonyl (C=O) groups is 1. The van der Waals surface area contributed by atoms with E-state index in [1.807, 2.05) is 0 Å². The van der Waals surface area contributed by atoms with Gasteiger partial charge in [-0.25, -0.2) is 0 Å². The van der Waals surface area contributed by atoms with Gasteiger partial charge in [-0.2, -0.15) is 0 Å². The second kappa shape index (κ2) is 3.42. The Hall–Kier alpha value is -0.590. The minimum absolute atomic E-state index is 0.480. The van der Waals surface area contributed by atoms with Gasteiger partial charge in [0.15, 0.2) is 0 Å². The molecule has 0 radical (unpaired) electrons. The predicted octanol–water partition coefficient (Wildman–Crippen LogP) is 3.00. The van der Waals surface area contributed by atoms with E-state index in [0.29, 0.717) is 5.78 Å². The smallest absolute Gasteiger partial charge is 0.133 e. The van der Waals surface area contributed by atoms with Crippen LogP contribution >= 0.6 is 0 Å². The molecule has 0 fully saturated rings. The number of allylic oxidation sites excluding steroid dienone is 2. The molecule has 0 atom stereocenters. The van der Waals surface area contributed by atoms with Crippen LogP contribution in [0.3, 0.4) is 0 Å². The molecule has 1 nitrogen and oxygen atoms in total. The van der Waals surface area contributed by atoms with Crippen molar-refractivity contribution in [1.29, 1.82) is 0 Å². The van der Waals surface area contributed by atoms with Crippen molar-refractivity contribution in [1.82, 2.24) is 0 Å². The normalized spacial score (nSPS) is 25.2. The molecule has 12 heavy (non-hydrogen) atoms. The largest absolute Gasteiger partial charge is 0.300 e. The fourth-order valence-electron chi connectivity index (χ4n) is 2.39. The summed E-state index contributed by atoms with van der Waals surface area (Å²) in [5.41, 5.74) is 3.32. The lowest BCUT2D eigenvalue weighted by Gasteiger charge is -2.10. The molecule has 0 unspecified atom stereocenters. The molecule has 0 aromatic carbocycles. The Morgan fingerprint density at radius 1 is 0.667 bits per heavy atom. The summed E-state index contributed by atoms with van der Waals surface area (Å²) < 4.78 is 0.